The van der Waals surface area contributed by atoms with Crippen LogP contribution in [0.15, 0.2) is 36.9 Å². The van der Waals surface area contributed by atoms with Crippen LogP contribution in [0.4, 0.5) is 5.69 Å². The minimum absolute atomic E-state index is 0.0312. The van der Waals surface area contributed by atoms with Gasteiger partial charge in [0.05, 0.1) is 42.9 Å². The second kappa shape index (κ2) is 10.5. The highest BCUT2D eigenvalue weighted by molar-refractivity contribution is 8.02. The lowest BCUT2D eigenvalue weighted by atomic mass is 9.66. The third-order valence-corrected chi connectivity index (χ3v) is 10.1. The minimum Gasteiger partial charge on any atom is -0.497 e. The Hall–Kier alpha value is -2.52. The highest BCUT2D eigenvalue weighted by atomic mass is 32.2. The Morgan fingerprint density at radius 1 is 1.33 bits per heavy atom. The molecule has 9 heteroatoms. The van der Waals surface area contributed by atoms with Crippen LogP contribution in [0.5, 0.6) is 5.75 Å². The summed E-state index contributed by atoms with van der Waals surface area (Å²) in [6.45, 7) is 9.80. The lowest BCUT2D eigenvalue weighted by Crippen LogP contribution is -2.59. The van der Waals surface area contributed by atoms with E-state index in [-0.39, 0.29) is 48.7 Å². The van der Waals surface area contributed by atoms with Gasteiger partial charge in [-0.15, -0.1) is 18.3 Å². The molecule has 2 bridgehead atoms. The van der Waals surface area contributed by atoms with Crippen molar-refractivity contribution in [3.05, 3.63) is 36.9 Å². The molecule has 1 aromatic rings. The standard InChI is InChI=1S/C27H36N2O6S/c1-6-13-28(18-9-11-19(34-5)12-10-18)25(32)23-27-16(4)14-20(36-27)21(26(33)35-8-3)22(27)24(31)29(23)17(7-2)15-30/h6,9-12,16-17,20-23,30H,1,7-8,13-15H2,2-5H3/t16?,17-,20+,21-,22-,23?,27?/m0/s1. The number of ether oxygens (including phenoxy) is 2. The van der Waals surface area contributed by atoms with Crippen LogP contribution in [-0.2, 0) is 19.1 Å². The van der Waals surface area contributed by atoms with E-state index >= 15 is 0 Å². The first-order valence-electron chi connectivity index (χ1n) is 12.6. The number of esters is 1. The van der Waals surface area contributed by atoms with Crippen molar-refractivity contribution in [2.24, 2.45) is 17.8 Å². The largest absolute Gasteiger partial charge is 0.497 e. The number of hydrogen-bond donors (Lipinski definition) is 1. The Kier molecular flexibility index (Phi) is 7.71. The molecule has 7 atom stereocenters. The molecule has 0 aliphatic carbocycles. The summed E-state index contributed by atoms with van der Waals surface area (Å²) in [5, 5.41) is 10.2. The van der Waals surface area contributed by atoms with E-state index in [4.69, 9.17) is 9.47 Å². The Morgan fingerprint density at radius 2 is 2.03 bits per heavy atom. The van der Waals surface area contributed by atoms with Gasteiger partial charge in [0.2, 0.25) is 5.91 Å². The fraction of sp³-hybridized carbons (Fsp3) is 0.593. The molecular formula is C27H36N2O6S. The van der Waals surface area contributed by atoms with Crippen molar-refractivity contribution in [2.75, 3.05) is 31.8 Å². The monoisotopic (exact) mass is 516 g/mol. The van der Waals surface area contributed by atoms with Crippen molar-refractivity contribution in [3.63, 3.8) is 0 Å². The molecule has 1 spiro atoms. The molecule has 4 rings (SSSR count). The van der Waals surface area contributed by atoms with Crippen LogP contribution < -0.4 is 9.64 Å². The molecule has 0 radical (unpaired) electrons. The summed E-state index contributed by atoms with van der Waals surface area (Å²) in [5.74, 6) is -1.39. The number of carbonyl (C=O) groups excluding carboxylic acids is 3. The summed E-state index contributed by atoms with van der Waals surface area (Å²) in [6, 6.07) is 5.85. The van der Waals surface area contributed by atoms with Crippen molar-refractivity contribution in [2.45, 2.75) is 55.7 Å². The Balaban J connectivity index is 1.83. The minimum atomic E-state index is -0.821. The Morgan fingerprint density at radius 3 is 2.58 bits per heavy atom. The van der Waals surface area contributed by atoms with Gasteiger partial charge in [-0.25, -0.2) is 0 Å². The van der Waals surface area contributed by atoms with E-state index in [1.165, 1.54) is 0 Å². The number of rotatable bonds is 10. The van der Waals surface area contributed by atoms with Gasteiger partial charge in [0.1, 0.15) is 11.8 Å². The molecule has 3 heterocycles. The van der Waals surface area contributed by atoms with Gasteiger partial charge >= 0.3 is 5.97 Å². The summed E-state index contributed by atoms with van der Waals surface area (Å²) in [6.07, 6.45) is 2.88. The van der Waals surface area contributed by atoms with Crippen molar-refractivity contribution >= 4 is 35.2 Å². The van der Waals surface area contributed by atoms with E-state index in [0.29, 0.717) is 17.9 Å². The van der Waals surface area contributed by atoms with E-state index in [0.717, 1.165) is 6.42 Å². The van der Waals surface area contributed by atoms with E-state index in [9.17, 15) is 19.5 Å². The number of anilines is 1. The molecular weight excluding hydrogens is 480 g/mol. The lowest BCUT2D eigenvalue weighted by Gasteiger charge is -2.42. The number of amides is 2. The molecule has 1 N–H and O–H groups in total. The van der Waals surface area contributed by atoms with Gasteiger partial charge < -0.3 is 24.4 Å². The van der Waals surface area contributed by atoms with Gasteiger partial charge in [-0.3, -0.25) is 14.4 Å². The molecule has 196 valence electrons. The number of likely N-dealkylation sites (tertiary alicyclic amines) is 1. The van der Waals surface area contributed by atoms with Crippen molar-refractivity contribution in [3.8, 4) is 5.75 Å². The van der Waals surface area contributed by atoms with E-state index in [1.54, 1.807) is 53.8 Å². The molecule has 0 saturated carbocycles. The zero-order valence-electron chi connectivity index (χ0n) is 21.4. The number of methoxy groups -OCH3 is 1. The second-order valence-corrected chi connectivity index (χ2v) is 11.3. The Bertz CT molecular complexity index is 1010. The molecule has 36 heavy (non-hydrogen) atoms. The maximum atomic E-state index is 14.5. The first kappa shape index (κ1) is 26.5. The fourth-order valence-electron chi connectivity index (χ4n) is 6.41. The van der Waals surface area contributed by atoms with E-state index < -0.39 is 28.7 Å². The van der Waals surface area contributed by atoms with Crippen LogP contribution in [0.1, 0.15) is 33.6 Å². The second-order valence-electron chi connectivity index (χ2n) is 9.73. The molecule has 3 unspecified atom stereocenters. The third-order valence-electron chi connectivity index (χ3n) is 8.01. The van der Waals surface area contributed by atoms with Crippen LogP contribution in [0, 0.1) is 17.8 Å². The molecule has 3 aliphatic heterocycles. The number of carbonyl (C=O) groups is 3. The van der Waals surface area contributed by atoms with E-state index in [1.807, 2.05) is 19.1 Å². The highest BCUT2D eigenvalue weighted by Crippen LogP contribution is 2.69. The summed E-state index contributed by atoms with van der Waals surface area (Å²) >= 11 is 1.60. The molecule has 8 nitrogen and oxygen atoms in total. The van der Waals surface area contributed by atoms with Crippen molar-refractivity contribution in [1.82, 2.24) is 4.90 Å². The summed E-state index contributed by atoms with van der Waals surface area (Å²) < 4.78 is 9.90. The predicted octanol–water partition coefficient (Wildman–Crippen LogP) is 2.89. The van der Waals surface area contributed by atoms with Gasteiger partial charge in [0.15, 0.2) is 0 Å². The average Bonchev–Trinajstić information content (AvgIpc) is 3.47. The first-order valence-corrected chi connectivity index (χ1v) is 13.5. The normalized spacial score (nSPS) is 31.2. The van der Waals surface area contributed by atoms with Gasteiger partial charge in [0.25, 0.3) is 5.91 Å². The number of aliphatic hydroxyl groups is 1. The van der Waals surface area contributed by atoms with Crippen LogP contribution >= 0.6 is 11.8 Å². The predicted molar refractivity (Wildman–Crippen MR) is 139 cm³/mol. The maximum Gasteiger partial charge on any atom is 0.310 e. The summed E-state index contributed by atoms with van der Waals surface area (Å²) in [5.41, 5.74) is 0.664. The van der Waals surface area contributed by atoms with Crippen LogP contribution in [0.3, 0.4) is 0 Å². The maximum absolute atomic E-state index is 14.5. The van der Waals surface area contributed by atoms with E-state index in [2.05, 4.69) is 13.5 Å². The molecule has 0 aromatic heterocycles. The van der Waals surface area contributed by atoms with Gasteiger partial charge in [-0.1, -0.05) is 19.9 Å². The number of nitrogens with zero attached hydrogens (tertiary/aromatic N) is 2. The Labute approximate surface area is 217 Å². The SMILES string of the molecule is C=CCN(C(=O)C1N([C@@H](CC)CO)C(=O)[C@@H]2[C@@H](C(=O)OCC)[C@H]3CC(C)C12S3)c1ccc(OC)cc1. The number of fused-ring (bicyclic) bond motifs is 1. The van der Waals surface area contributed by atoms with Gasteiger partial charge in [0, 0.05) is 17.5 Å². The summed E-state index contributed by atoms with van der Waals surface area (Å²) in [7, 11) is 1.58. The number of aliphatic hydroxyl groups excluding tert-OH is 1. The topological polar surface area (TPSA) is 96.4 Å². The number of hydrogen-bond acceptors (Lipinski definition) is 7. The average molecular weight is 517 g/mol. The smallest absolute Gasteiger partial charge is 0.310 e. The highest BCUT2D eigenvalue weighted by Gasteiger charge is 2.77. The van der Waals surface area contributed by atoms with Crippen LogP contribution in [-0.4, -0.2) is 76.7 Å². The zero-order valence-corrected chi connectivity index (χ0v) is 22.2. The molecule has 3 aliphatic rings. The molecule has 3 fully saturated rings. The fourth-order valence-corrected chi connectivity index (χ4v) is 8.80. The third kappa shape index (κ3) is 3.91. The van der Waals surface area contributed by atoms with Crippen LogP contribution in [0.2, 0.25) is 0 Å². The number of thioether (sulfide) groups is 1. The van der Waals surface area contributed by atoms with Crippen LogP contribution in [0.25, 0.3) is 0 Å². The summed E-state index contributed by atoms with van der Waals surface area (Å²) in [4.78, 5) is 44.9. The lowest BCUT2D eigenvalue weighted by molar-refractivity contribution is -0.154. The van der Waals surface area contributed by atoms with Crippen molar-refractivity contribution in [1.29, 1.82) is 0 Å². The zero-order chi connectivity index (χ0) is 26.2. The molecule has 2 amide bonds. The molecule has 3 saturated heterocycles. The van der Waals surface area contributed by atoms with Gasteiger partial charge in [-0.05, 0) is 49.9 Å². The first-order chi connectivity index (χ1) is 17.3. The quantitative estimate of drug-likeness (QED) is 0.377. The van der Waals surface area contributed by atoms with Gasteiger partial charge in [-0.2, -0.15) is 0 Å². The molecule has 1 aromatic carbocycles. The van der Waals surface area contributed by atoms with Crippen molar-refractivity contribution < 1.29 is 29.0 Å². The number of benzene rings is 1.